The first-order valence-corrected chi connectivity index (χ1v) is 8.34. The molecule has 0 amide bonds. The van der Waals surface area contributed by atoms with Crippen LogP contribution in [0.1, 0.15) is 0 Å². The van der Waals surface area contributed by atoms with Crippen LogP contribution in [0.15, 0.2) is 36.4 Å². The highest BCUT2D eigenvalue weighted by Gasteiger charge is 2.27. The lowest BCUT2D eigenvalue weighted by Crippen LogP contribution is -1.84. The van der Waals surface area contributed by atoms with E-state index in [-0.39, 0.29) is 0 Å². The monoisotopic (exact) mass is 341 g/mol. The Morgan fingerprint density at radius 2 is 1.50 bits per heavy atom. The zero-order valence-electron chi connectivity index (χ0n) is 9.70. The number of pyridine rings is 1. The van der Waals surface area contributed by atoms with Gasteiger partial charge in [0.05, 0.1) is 5.52 Å². The number of phosphoric acid groups is 2. The van der Waals surface area contributed by atoms with Crippen molar-refractivity contribution in [1.82, 2.24) is 4.98 Å². The average molecular weight is 342 g/mol. The van der Waals surface area contributed by atoms with E-state index < -0.39 is 15.6 Å². The van der Waals surface area contributed by atoms with Crippen molar-refractivity contribution in [2.45, 2.75) is 0 Å². The summed E-state index contributed by atoms with van der Waals surface area (Å²) in [5.74, 6) is 0. The van der Waals surface area contributed by atoms with Crippen molar-refractivity contribution >= 4 is 38.1 Å². The predicted octanol–water partition coefficient (Wildman–Crippen LogP) is 2.08. The van der Waals surface area contributed by atoms with Gasteiger partial charge >= 0.3 is 15.6 Å². The summed E-state index contributed by atoms with van der Waals surface area (Å²) in [6, 6.07) is 11.7. The van der Waals surface area contributed by atoms with Crippen LogP contribution < -0.4 is 0 Å². The van der Waals surface area contributed by atoms with Crippen LogP contribution in [0, 0.1) is 0 Å². The maximum absolute atomic E-state index is 9.63. The van der Waals surface area contributed by atoms with Crippen molar-refractivity contribution in [3.8, 4) is 0 Å². The number of nitrogens with zero attached hydrogens (tertiary/aromatic N) is 1. The van der Waals surface area contributed by atoms with Gasteiger partial charge in [-0.2, -0.15) is 4.31 Å². The minimum atomic E-state index is -5.05. The molecule has 0 radical (unpaired) electrons. The van der Waals surface area contributed by atoms with Crippen LogP contribution in [0.4, 0.5) is 0 Å². The Bertz CT molecular complexity index is 663. The predicted molar refractivity (Wildman–Crippen MR) is 71.9 cm³/mol. The van der Waals surface area contributed by atoms with Gasteiger partial charge in [0.25, 0.3) is 0 Å². The second-order valence-electron chi connectivity index (χ2n) is 3.39. The summed E-state index contributed by atoms with van der Waals surface area (Å²) in [7, 11) is -10.1. The normalized spacial score (nSPS) is 11.8. The topological polar surface area (TPSA) is 137 Å². The minimum absolute atomic E-state index is 0.545. The van der Waals surface area contributed by atoms with Crippen molar-refractivity contribution in [1.29, 1.82) is 0 Å². The van der Waals surface area contributed by atoms with Crippen molar-refractivity contribution in [3.63, 3.8) is 0 Å². The van der Waals surface area contributed by atoms with Gasteiger partial charge in [0, 0.05) is 5.39 Å². The molecule has 11 heteroatoms. The molecule has 0 spiro atoms. The van der Waals surface area contributed by atoms with Crippen LogP contribution in [-0.4, -0.2) is 24.6 Å². The van der Waals surface area contributed by atoms with E-state index >= 15 is 0 Å². The Labute approximate surface area is 118 Å². The molecule has 1 aromatic heterocycles. The van der Waals surface area contributed by atoms with Crippen molar-refractivity contribution in [2.24, 2.45) is 0 Å². The zero-order valence-corrected chi connectivity index (χ0v) is 12.2. The number of aromatic nitrogens is 1. The minimum Gasteiger partial charge on any atom is -0.302 e. The molecule has 20 heavy (non-hydrogen) atoms. The first-order chi connectivity index (χ1) is 9.07. The van der Waals surface area contributed by atoms with Crippen molar-refractivity contribution in [3.05, 3.63) is 41.6 Å². The molecule has 0 aliphatic rings. The Hall–Kier alpha value is -0.820. The Morgan fingerprint density at radius 1 is 0.950 bits per heavy atom. The van der Waals surface area contributed by atoms with Gasteiger partial charge in [-0.3, -0.25) is 0 Å². The largest absolute Gasteiger partial charge is 0.478 e. The van der Waals surface area contributed by atoms with Crippen LogP contribution in [-0.2, 0) is 13.4 Å². The molecular formula is C9H10ClNO7P2. The van der Waals surface area contributed by atoms with Gasteiger partial charge in [-0.1, -0.05) is 29.8 Å². The number of fused-ring (bicyclic) bond motifs is 1. The quantitative estimate of drug-likeness (QED) is 0.481. The lowest BCUT2D eigenvalue weighted by atomic mass is 10.2. The summed E-state index contributed by atoms with van der Waals surface area (Å²) in [4.78, 5) is 35.1. The molecular weight excluding hydrogens is 332 g/mol. The molecule has 4 N–H and O–H groups in total. The molecule has 1 heterocycles. The van der Waals surface area contributed by atoms with Crippen molar-refractivity contribution < 1.29 is 33.0 Å². The fourth-order valence-corrected chi connectivity index (χ4v) is 2.44. The van der Waals surface area contributed by atoms with Crippen LogP contribution in [0.25, 0.3) is 10.9 Å². The third-order valence-corrected chi connectivity index (χ3v) is 3.69. The van der Waals surface area contributed by atoms with Crippen molar-refractivity contribution in [2.75, 3.05) is 0 Å². The van der Waals surface area contributed by atoms with Gasteiger partial charge in [0.1, 0.15) is 5.15 Å². The maximum atomic E-state index is 9.63. The summed E-state index contributed by atoms with van der Waals surface area (Å²) in [5, 5.41) is 1.67. The van der Waals surface area contributed by atoms with Crippen LogP contribution in [0.3, 0.4) is 0 Å². The standard InChI is InChI=1S/C9H6ClN.H4O7P2/c10-9-6-5-7-3-1-2-4-8(7)11-9;1-8(2,3)7-9(4,5)6/h1-6H;(H2,1,2,3)(H2,4,5,6). The highest BCUT2D eigenvalue weighted by molar-refractivity contribution is 7.60. The fourth-order valence-electron chi connectivity index (χ4n) is 1.18. The van der Waals surface area contributed by atoms with E-state index in [0.29, 0.717) is 5.15 Å². The van der Waals surface area contributed by atoms with Gasteiger partial charge < -0.3 is 19.6 Å². The lowest BCUT2D eigenvalue weighted by molar-refractivity contribution is 0.225. The number of hydrogen-bond donors (Lipinski definition) is 4. The third-order valence-electron chi connectivity index (χ3n) is 1.78. The molecule has 0 saturated carbocycles. The fraction of sp³-hybridized carbons (Fsp3) is 0. The molecule has 0 bridgehead atoms. The third kappa shape index (κ3) is 7.09. The van der Waals surface area contributed by atoms with Crippen LogP contribution >= 0.6 is 27.2 Å². The molecule has 2 rings (SSSR count). The highest BCUT2D eigenvalue weighted by Crippen LogP contribution is 2.53. The second kappa shape index (κ2) is 6.76. The summed E-state index contributed by atoms with van der Waals surface area (Å²) in [6.45, 7) is 0. The van der Waals surface area contributed by atoms with E-state index in [0.717, 1.165) is 10.9 Å². The molecule has 0 atom stereocenters. The van der Waals surface area contributed by atoms with Crippen LogP contribution in [0.5, 0.6) is 0 Å². The molecule has 1 aromatic carbocycles. The number of para-hydroxylation sites is 1. The molecule has 2 aromatic rings. The summed E-state index contributed by atoms with van der Waals surface area (Å²) >= 11 is 5.71. The number of rotatable bonds is 2. The van der Waals surface area contributed by atoms with Crippen LogP contribution in [0.2, 0.25) is 5.15 Å². The molecule has 0 fully saturated rings. The maximum Gasteiger partial charge on any atom is 0.478 e. The van der Waals surface area contributed by atoms with E-state index in [1.54, 1.807) is 6.07 Å². The molecule has 110 valence electrons. The number of benzene rings is 1. The van der Waals surface area contributed by atoms with E-state index in [9.17, 15) is 9.13 Å². The Morgan fingerprint density at radius 3 is 2.00 bits per heavy atom. The summed E-state index contributed by atoms with van der Waals surface area (Å²) in [6.07, 6.45) is 0. The van der Waals surface area contributed by atoms with Gasteiger partial charge in [-0.25, -0.2) is 14.1 Å². The van der Waals surface area contributed by atoms with Gasteiger partial charge in [-0.05, 0) is 18.2 Å². The first-order valence-electron chi connectivity index (χ1n) is 4.90. The first kappa shape index (κ1) is 17.2. The molecule has 0 unspecified atom stereocenters. The SMILES string of the molecule is Clc1ccc2ccccc2n1.O=P(O)(O)OP(=O)(O)O. The summed E-state index contributed by atoms with van der Waals surface area (Å²) < 4.78 is 22.2. The van der Waals surface area contributed by atoms with Gasteiger partial charge in [-0.15, -0.1) is 0 Å². The molecule has 0 saturated heterocycles. The van der Waals surface area contributed by atoms with Gasteiger partial charge in [0.15, 0.2) is 0 Å². The summed E-state index contributed by atoms with van der Waals surface area (Å²) in [5.41, 5.74) is 0.944. The average Bonchev–Trinajstić information content (AvgIpc) is 2.24. The van der Waals surface area contributed by atoms with Gasteiger partial charge in [0.2, 0.25) is 0 Å². The highest BCUT2D eigenvalue weighted by atomic mass is 35.5. The molecule has 8 nitrogen and oxygen atoms in total. The second-order valence-corrected chi connectivity index (χ2v) is 6.39. The van der Waals surface area contributed by atoms with E-state index in [2.05, 4.69) is 9.29 Å². The lowest BCUT2D eigenvalue weighted by Gasteiger charge is -2.03. The van der Waals surface area contributed by atoms with E-state index in [4.69, 9.17) is 31.2 Å². The Balaban J connectivity index is 0.000000206. The smallest absolute Gasteiger partial charge is 0.302 e. The molecule has 0 aliphatic carbocycles. The Kier molecular flexibility index (Phi) is 5.82. The number of halogens is 1. The number of hydrogen-bond acceptors (Lipinski definition) is 4. The molecule has 0 aliphatic heterocycles. The zero-order chi connectivity index (χ0) is 15.4. The van der Waals surface area contributed by atoms with E-state index in [1.165, 1.54) is 0 Å². The van der Waals surface area contributed by atoms with E-state index in [1.807, 2.05) is 30.3 Å².